The van der Waals surface area contributed by atoms with Crippen molar-refractivity contribution in [2.75, 3.05) is 11.8 Å². The Morgan fingerprint density at radius 1 is 1.50 bits per heavy atom. The summed E-state index contributed by atoms with van der Waals surface area (Å²) in [6.07, 6.45) is 0. The highest BCUT2D eigenvalue weighted by Gasteiger charge is 2.20. The van der Waals surface area contributed by atoms with Gasteiger partial charge in [-0.25, -0.2) is 18.2 Å². The third kappa shape index (κ3) is 2.81. The zero-order chi connectivity index (χ0) is 14.8. The molecular weight excluding hydrogens is 306 g/mol. The van der Waals surface area contributed by atoms with Gasteiger partial charge in [0.25, 0.3) is 10.0 Å². The molecule has 0 unspecified atom stereocenters. The maximum Gasteiger partial charge on any atom is 0.336 e. The summed E-state index contributed by atoms with van der Waals surface area (Å²) in [4.78, 5) is 3.56. The van der Waals surface area contributed by atoms with E-state index in [9.17, 15) is 8.42 Å². The van der Waals surface area contributed by atoms with Gasteiger partial charge in [-0.05, 0) is 18.2 Å². The van der Waals surface area contributed by atoms with E-state index in [1.165, 1.54) is 25.3 Å². The number of sulfonamides is 1. The number of hydrogen-bond donors (Lipinski definition) is 2. The number of rotatable bonds is 4. The highest BCUT2D eigenvalue weighted by molar-refractivity contribution is 7.92. The normalized spacial score (nSPS) is 10.8. The van der Waals surface area contributed by atoms with Gasteiger partial charge in [0.15, 0.2) is 0 Å². The van der Waals surface area contributed by atoms with Crippen LogP contribution in [-0.4, -0.2) is 30.7 Å². The van der Waals surface area contributed by atoms with E-state index < -0.39 is 10.0 Å². The van der Waals surface area contributed by atoms with Crippen LogP contribution in [-0.2, 0) is 10.0 Å². The molecule has 20 heavy (non-hydrogen) atoms. The molecule has 10 heteroatoms. The number of methoxy groups -OCH3 is 1. The summed E-state index contributed by atoms with van der Waals surface area (Å²) in [5, 5.41) is 14.6. The second kappa shape index (κ2) is 5.36. The van der Waals surface area contributed by atoms with Crippen molar-refractivity contribution in [3.63, 3.8) is 0 Å². The molecule has 0 bridgehead atoms. The molecule has 0 amide bonds. The van der Waals surface area contributed by atoms with Gasteiger partial charge in [0.2, 0.25) is 5.95 Å². The van der Waals surface area contributed by atoms with Crippen LogP contribution >= 0.6 is 11.6 Å². The lowest BCUT2D eigenvalue weighted by Crippen LogP contribution is -2.14. The second-order valence-electron chi connectivity index (χ2n) is 3.53. The number of ether oxygens (including phenoxy) is 1. The molecule has 0 aliphatic heterocycles. The largest absolute Gasteiger partial charge is 0.466 e. The Morgan fingerprint density at radius 3 is 2.80 bits per heavy atom. The monoisotopic (exact) mass is 313 g/mol. The molecule has 8 nitrogen and oxygen atoms in total. The van der Waals surface area contributed by atoms with E-state index >= 15 is 0 Å². The summed E-state index contributed by atoms with van der Waals surface area (Å²) in [5.74, 6) is -0.109. The standard InChI is InChI=1S/C10H8ClN5O3S/c1-19-10-13-9(14-15-10)16-20(17,18)8-3-2-6(5-12)4-7(8)11/h2-4H,1H3,(H2,13,14,15,16). The molecule has 104 valence electrons. The Morgan fingerprint density at radius 2 is 2.25 bits per heavy atom. The Hall–Kier alpha value is -2.31. The number of hydrogen-bond acceptors (Lipinski definition) is 6. The smallest absolute Gasteiger partial charge is 0.336 e. The molecule has 2 rings (SSSR count). The third-order valence-electron chi connectivity index (χ3n) is 2.23. The first-order valence-electron chi connectivity index (χ1n) is 5.15. The summed E-state index contributed by atoms with van der Waals surface area (Å²) in [6, 6.07) is 5.70. The number of nitrogens with one attached hydrogen (secondary N) is 2. The number of nitrogens with zero attached hydrogens (tertiary/aromatic N) is 3. The predicted molar refractivity (Wildman–Crippen MR) is 69.9 cm³/mol. The molecule has 2 N–H and O–H groups in total. The van der Waals surface area contributed by atoms with Crippen LogP contribution < -0.4 is 9.46 Å². The van der Waals surface area contributed by atoms with Gasteiger partial charge in [-0.2, -0.15) is 10.2 Å². The summed E-state index contributed by atoms with van der Waals surface area (Å²) in [5.41, 5.74) is 0.260. The first-order valence-corrected chi connectivity index (χ1v) is 7.01. The topological polar surface area (TPSA) is 121 Å². The minimum atomic E-state index is -3.94. The molecule has 1 aromatic carbocycles. The van der Waals surface area contributed by atoms with Gasteiger partial charge in [0.05, 0.1) is 23.8 Å². The zero-order valence-electron chi connectivity index (χ0n) is 10.1. The lowest BCUT2D eigenvalue weighted by atomic mass is 10.2. The Kier molecular flexibility index (Phi) is 3.78. The minimum absolute atomic E-state index is 0.00590. The summed E-state index contributed by atoms with van der Waals surface area (Å²) < 4.78 is 31.1. The SMILES string of the molecule is COc1n[nH]c(NS(=O)(=O)c2ccc(C#N)cc2Cl)n1. The van der Waals surface area contributed by atoms with Crippen molar-refractivity contribution in [3.05, 3.63) is 28.8 Å². The predicted octanol–water partition coefficient (Wildman–Crippen LogP) is 1.14. The molecule has 0 fully saturated rings. The number of halogens is 1. The molecule has 0 spiro atoms. The van der Waals surface area contributed by atoms with Crippen molar-refractivity contribution in [1.82, 2.24) is 15.2 Å². The number of aromatic amines is 1. The van der Waals surface area contributed by atoms with E-state index in [2.05, 4.69) is 19.9 Å². The highest BCUT2D eigenvalue weighted by atomic mass is 35.5. The fourth-order valence-electron chi connectivity index (χ4n) is 1.35. The van der Waals surface area contributed by atoms with Crippen molar-refractivity contribution >= 4 is 27.6 Å². The lowest BCUT2D eigenvalue weighted by molar-refractivity contribution is 0.382. The van der Waals surface area contributed by atoms with Gasteiger partial charge in [-0.1, -0.05) is 11.6 Å². The molecule has 0 aliphatic rings. The molecule has 1 heterocycles. The Balaban J connectivity index is 2.33. The van der Waals surface area contributed by atoms with Crippen LogP contribution in [0.3, 0.4) is 0 Å². The number of benzene rings is 1. The van der Waals surface area contributed by atoms with Gasteiger partial charge in [0.1, 0.15) is 4.90 Å². The van der Waals surface area contributed by atoms with E-state index in [0.29, 0.717) is 0 Å². The average molecular weight is 314 g/mol. The highest BCUT2D eigenvalue weighted by Crippen LogP contribution is 2.24. The van der Waals surface area contributed by atoms with Crippen LogP contribution in [0.5, 0.6) is 6.01 Å². The number of anilines is 1. The lowest BCUT2D eigenvalue weighted by Gasteiger charge is -2.06. The van der Waals surface area contributed by atoms with E-state index in [-0.39, 0.29) is 27.4 Å². The number of H-pyrrole nitrogens is 1. The van der Waals surface area contributed by atoms with Crippen LogP contribution in [0.25, 0.3) is 0 Å². The maximum absolute atomic E-state index is 12.1. The first kappa shape index (κ1) is 14.1. The van der Waals surface area contributed by atoms with Crippen molar-refractivity contribution in [2.45, 2.75) is 4.90 Å². The zero-order valence-corrected chi connectivity index (χ0v) is 11.7. The van der Waals surface area contributed by atoms with Crippen molar-refractivity contribution in [2.24, 2.45) is 0 Å². The van der Waals surface area contributed by atoms with E-state index in [0.717, 1.165) is 0 Å². The van der Waals surface area contributed by atoms with Gasteiger partial charge < -0.3 is 4.74 Å². The van der Waals surface area contributed by atoms with Crippen LogP contribution in [0.2, 0.25) is 5.02 Å². The molecule has 0 saturated carbocycles. The number of aromatic nitrogens is 3. The van der Waals surface area contributed by atoms with E-state index in [1.54, 1.807) is 0 Å². The van der Waals surface area contributed by atoms with E-state index in [4.69, 9.17) is 21.6 Å². The summed E-state index contributed by atoms with van der Waals surface area (Å²) in [7, 11) is -2.60. The maximum atomic E-state index is 12.1. The molecule has 0 saturated heterocycles. The number of nitriles is 1. The van der Waals surface area contributed by atoms with Crippen molar-refractivity contribution in [1.29, 1.82) is 5.26 Å². The Labute approximate surface area is 119 Å². The third-order valence-corrected chi connectivity index (χ3v) is 4.05. The quantitative estimate of drug-likeness (QED) is 0.873. The van der Waals surface area contributed by atoms with Crippen molar-refractivity contribution < 1.29 is 13.2 Å². The van der Waals surface area contributed by atoms with Gasteiger partial charge in [0, 0.05) is 0 Å². The minimum Gasteiger partial charge on any atom is -0.466 e. The molecular formula is C10H8ClN5O3S. The van der Waals surface area contributed by atoms with Crippen molar-refractivity contribution in [3.8, 4) is 12.1 Å². The second-order valence-corrected chi connectivity index (χ2v) is 5.59. The molecule has 0 atom stereocenters. The molecule has 2 aromatic rings. The average Bonchev–Trinajstić information content (AvgIpc) is 2.85. The van der Waals surface area contributed by atoms with Gasteiger partial charge in [-0.15, -0.1) is 5.10 Å². The fraction of sp³-hybridized carbons (Fsp3) is 0.100. The summed E-state index contributed by atoms with van der Waals surface area (Å²) >= 11 is 5.85. The fourth-order valence-corrected chi connectivity index (χ4v) is 2.86. The van der Waals surface area contributed by atoms with Gasteiger partial charge >= 0.3 is 6.01 Å². The van der Waals surface area contributed by atoms with Crippen LogP contribution in [0.4, 0.5) is 5.95 Å². The Bertz CT molecular complexity index is 780. The van der Waals surface area contributed by atoms with Crippen LogP contribution in [0.1, 0.15) is 5.56 Å². The summed E-state index contributed by atoms with van der Waals surface area (Å²) in [6.45, 7) is 0. The first-order chi connectivity index (χ1) is 9.46. The van der Waals surface area contributed by atoms with Crippen LogP contribution in [0, 0.1) is 11.3 Å². The molecule has 0 radical (unpaired) electrons. The molecule has 1 aromatic heterocycles. The van der Waals surface area contributed by atoms with Gasteiger partial charge in [-0.3, -0.25) is 0 Å². The van der Waals surface area contributed by atoms with E-state index in [1.807, 2.05) is 6.07 Å². The van der Waals surface area contributed by atoms with Crippen LogP contribution in [0.15, 0.2) is 23.1 Å². The molecule has 0 aliphatic carbocycles.